The number of nitrogens with one attached hydrogen (secondary N) is 2. The predicted molar refractivity (Wildman–Crippen MR) is 120 cm³/mol. The summed E-state index contributed by atoms with van der Waals surface area (Å²) in [7, 11) is 0. The molecule has 0 saturated carbocycles. The second-order valence-electron chi connectivity index (χ2n) is 7.59. The maximum absolute atomic E-state index is 14.1. The van der Waals surface area contributed by atoms with Gasteiger partial charge in [0.05, 0.1) is 5.52 Å². The molecule has 30 heavy (non-hydrogen) atoms. The molecule has 0 fully saturated rings. The third kappa shape index (κ3) is 3.86. The number of aryl methyl sites for hydroxylation is 2. The van der Waals surface area contributed by atoms with Gasteiger partial charge in [0, 0.05) is 23.3 Å². The third-order valence-corrected chi connectivity index (χ3v) is 5.53. The first-order valence-corrected chi connectivity index (χ1v) is 9.99. The summed E-state index contributed by atoms with van der Waals surface area (Å²) >= 11 is 0. The molecule has 0 bridgehead atoms. The molecule has 152 valence electrons. The maximum atomic E-state index is 14.1. The first kappa shape index (κ1) is 19.9. The summed E-state index contributed by atoms with van der Waals surface area (Å²) in [5, 5.41) is 4.34. The topological polar surface area (TPSA) is 27.8 Å². The molecule has 0 aliphatic heterocycles. The summed E-state index contributed by atoms with van der Waals surface area (Å²) < 4.78 is 27.6. The van der Waals surface area contributed by atoms with E-state index in [9.17, 15) is 8.78 Å². The maximum Gasteiger partial charge on any atom is 0.147 e. The quantitative estimate of drug-likeness (QED) is 0.377. The molecular formula is C26H24F2N2. The largest absolute Gasteiger partial charge is 0.385 e. The Balaban J connectivity index is 1.44. The van der Waals surface area contributed by atoms with E-state index in [4.69, 9.17) is 0 Å². The van der Waals surface area contributed by atoms with Crippen molar-refractivity contribution in [2.45, 2.75) is 20.3 Å². The number of hydrogen-bond acceptors (Lipinski definition) is 1. The molecule has 0 unspecified atom stereocenters. The van der Waals surface area contributed by atoms with E-state index in [-0.39, 0.29) is 11.6 Å². The minimum atomic E-state index is -0.245. The molecule has 0 spiro atoms. The summed E-state index contributed by atoms with van der Waals surface area (Å²) in [6.45, 7) is 8.81. The Bertz CT molecular complexity index is 1220. The van der Waals surface area contributed by atoms with Crippen LogP contribution in [0.1, 0.15) is 22.4 Å². The lowest BCUT2D eigenvalue weighted by molar-refractivity contribution is 0.628. The van der Waals surface area contributed by atoms with E-state index >= 15 is 0 Å². The molecule has 1 aromatic heterocycles. The second-order valence-corrected chi connectivity index (χ2v) is 7.59. The van der Waals surface area contributed by atoms with Gasteiger partial charge in [0.2, 0.25) is 0 Å². The van der Waals surface area contributed by atoms with Gasteiger partial charge in [0.15, 0.2) is 0 Å². The van der Waals surface area contributed by atoms with Gasteiger partial charge in [-0.15, -0.1) is 0 Å². The highest BCUT2D eigenvalue weighted by molar-refractivity contribution is 5.88. The molecule has 4 aromatic rings. The number of hydrogen-bond donors (Lipinski definition) is 2. The molecule has 0 atom stereocenters. The second kappa shape index (κ2) is 8.15. The Labute approximate surface area is 175 Å². The van der Waals surface area contributed by atoms with E-state index in [0.29, 0.717) is 12.1 Å². The van der Waals surface area contributed by atoms with Crippen molar-refractivity contribution in [3.8, 4) is 11.1 Å². The van der Waals surface area contributed by atoms with E-state index < -0.39 is 0 Å². The highest BCUT2D eigenvalue weighted by atomic mass is 19.1. The highest BCUT2D eigenvalue weighted by Gasteiger charge is 2.13. The fourth-order valence-electron chi connectivity index (χ4n) is 3.93. The van der Waals surface area contributed by atoms with Crippen LogP contribution in [0.15, 0.2) is 67.2 Å². The minimum Gasteiger partial charge on any atom is -0.385 e. The average molecular weight is 402 g/mol. The van der Waals surface area contributed by atoms with Crippen molar-refractivity contribution in [1.29, 1.82) is 0 Å². The predicted octanol–water partition coefficient (Wildman–Crippen LogP) is 6.53. The number of halogens is 2. The molecule has 2 nitrogen and oxygen atoms in total. The Morgan fingerprint density at radius 3 is 2.47 bits per heavy atom. The molecule has 3 aromatic carbocycles. The van der Waals surface area contributed by atoms with Crippen molar-refractivity contribution in [3.63, 3.8) is 0 Å². The van der Waals surface area contributed by atoms with Crippen LogP contribution in [0, 0.1) is 25.5 Å². The zero-order chi connectivity index (χ0) is 21.3. The van der Waals surface area contributed by atoms with Crippen LogP contribution in [-0.4, -0.2) is 11.5 Å². The van der Waals surface area contributed by atoms with Gasteiger partial charge in [-0.1, -0.05) is 49.0 Å². The van der Waals surface area contributed by atoms with Crippen molar-refractivity contribution in [1.82, 2.24) is 10.3 Å². The van der Waals surface area contributed by atoms with Gasteiger partial charge in [0.25, 0.3) is 0 Å². The van der Waals surface area contributed by atoms with Gasteiger partial charge in [-0.3, -0.25) is 0 Å². The number of aromatic nitrogens is 1. The summed E-state index contributed by atoms with van der Waals surface area (Å²) in [6, 6.07) is 17.8. The van der Waals surface area contributed by atoms with E-state index in [1.54, 1.807) is 6.07 Å². The lowest BCUT2D eigenvalue weighted by Gasteiger charge is -2.11. The zero-order valence-corrected chi connectivity index (χ0v) is 17.2. The van der Waals surface area contributed by atoms with Crippen molar-refractivity contribution in [3.05, 3.63) is 101 Å². The first-order chi connectivity index (χ1) is 14.4. The molecule has 4 rings (SSSR count). The standard InChI is InChI=1S/C26H24F2N2/c1-16-7-12-24(28)26-25(16)23(18(3)30-26)13-14-29-17(2)19-8-10-20(11-9-19)21-5-4-6-22(27)15-21/h4-12,15,29-30H,2,13-14H2,1,3H3. The molecule has 2 N–H and O–H groups in total. The van der Waals surface area contributed by atoms with Crippen molar-refractivity contribution < 1.29 is 8.78 Å². The van der Waals surface area contributed by atoms with Gasteiger partial charge in [-0.25, -0.2) is 8.78 Å². The number of fused-ring (bicyclic) bond motifs is 1. The van der Waals surface area contributed by atoms with Gasteiger partial charge in [0.1, 0.15) is 11.6 Å². The lowest BCUT2D eigenvalue weighted by atomic mass is 10.0. The number of rotatable bonds is 6. The molecule has 4 heteroatoms. The monoisotopic (exact) mass is 402 g/mol. The molecule has 0 saturated heterocycles. The fraction of sp³-hybridized carbons (Fsp3) is 0.154. The SMILES string of the molecule is C=C(NCCc1c(C)[nH]c2c(F)ccc(C)c12)c1ccc(-c2cccc(F)c2)cc1. The van der Waals surface area contributed by atoms with Crippen LogP contribution in [0.25, 0.3) is 27.7 Å². The van der Waals surface area contributed by atoms with E-state index in [0.717, 1.165) is 51.0 Å². The third-order valence-electron chi connectivity index (χ3n) is 5.53. The van der Waals surface area contributed by atoms with Crippen LogP contribution >= 0.6 is 0 Å². The molecule has 0 radical (unpaired) electrons. The summed E-state index contributed by atoms with van der Waals surface area (Å²) in [4.78, 5) is 3.18. The van der Waals surface area contributed by atoms with Crippen LogP contribution < -0.4 is 5.32 Å². The smallest absolute Gasteiger partial charge is 0.147 e. The molecule has 0 aliphatic carbocycles. The normalized spacial score (nSPS) is 11.1. The summed E-state index contributed by atoms with van der Waals surface area (Å²) in [5.74, 6) is -0.467. The lowest BCUT2D eigenvalue weighted by Crippen LogP contribution is -2.15. The molecule has 1 heterocycles. The molecule has 0 aliphatic rings. The van der Waals surface area contributed by atoms with Gasteiger partial charge in [-0.05, 0) is 66.3 Å². The Kier molecular flexibility index (Phi) is 5.40. The van der Waals surface area contributed by atoms with Crippen LogP contribution in [-0.2, 0) is 6.42 Å². The van der Waals surface area contributed by atoms with Gasteiger partial charge >= 0.3 is 0 Å². The molecular weight excluding hydrogens is 378 g/mol. The van der Waals surface area contributed by atoms with Crippen LogP contribution in [0.2, 0.25) is 0 Å². The Hall–Kier alpha value is -3.40. The van der Waals surface area contributed by atoms with Crippen molar-refractivity contribution in [2.75, 3.05) is 6.54 Å². The van der Waals surface area contributed by atoms with Gasteiger partial charge in [-0.2, -0.15) is 0 Å². The van der Waals surface area contributed by atoms with E-state index in [2.05, 4.69) is 16.9 Å². The van der Waals surface area contributed by atoms with Crippen LogP contribution in [0.4, 0.5) is 8.78 Å². The first-order valence-electron chi connectivity index (χ1n) is 9.99. The van der Waals surface area contributed by atoms with Gasteiger partial charge < -0.3 is 10.3 Å². The Morgan fingerprint density at radius 1 is 0.967 bits per heavy atom. The Morgan fingerprint density at radius 2 is 1.73 bits per heavy atom. The average Bonchev–Trinajstić information content (AvgIpc) is 3.08. The van der Waals surface area contributed by atoms with Crippen LogP contribution in [0.5, 0.6) is 0 Å². The zero-order valence-electron chi connectivity index (χ0n) is 17.2. The van der Waals surface area contributed by atoms with Crippen molar-refractivity contribution >= 4 is 16.6 Å². The van der Waals surface area contributed by atoms with Crippen LogP contribution in [0.3, 0.4) is 0 Å². The number of H-pyrrole nitrogens is 1. The van der Waals surface area contributed by atoms with Crippen molar-refractivity contribution in [2.24, 2.45) is 0 Å². The fourth-order valence-corrected chi connectivity index (χ4v) is 3.93. The minimum absolute atomic E-state index is 0.222. The van der Waals surface area contributed by atoms with E-state index in [1.165, 1.54) is 18.2 Å². The number of benzene rings is 3. The number of aromatic amines is 1. The molecule has 0 amide bonds. The summed E-state index contributed by atoms with van der Waals surface area (Å²) in [6.07, 6.45) is 0.760. The highest BCUT2D eigenvalue weighted by Crippen LogP contribution is 2.28. The summed E-state index contributed by atoms with van der Waals surface area (Å²) in [5.41, 5.74) is 7.37. The van der Waals surface area contributed by atoms with E-state index in [1.807, 2.05) is 50.2 Å².